The largest absolute Gasteiger partial charge is 0.368 e. The van der Waals surface area contributed by atoms with Gasteiger partial charge in [0.15, 0.2) is 5.65 Å². The average Bonchev–Trinajstić information content (AvgIpc) is 2.81. The van der Waals surface area contributed by atoms with E-state index in [1.807, 2.05) is 0 Å². The Morgan fingerprint density at radius 1 is 1.22 bits per heavy atom. The van der Waals surface area contributed by atoms with Crippen molar-refractivity contribution in [3.8, 4) is 6.07 Å². The van der Waals surface area contributed by atoms with Crippen molar-refractivity contribution in [1.29, 1.82) is 5.26 Å². The zero-order valence-corrected chi connectivity index (χ0v) is 9.85. The highest BCUT2D eigenvalue weighted by Gasteiger charge is 2.20. The van der Waals surface area contributed by atoms with E-state index in [0.717, 1.165) is 31.7 Å². The zero-order valence-electron chi connectivity index (χ0n) is 9.85. The standard InChI is InChI=1S/C11H13N7/c12-6-7-8-9(17-16-7)14-11(13)15-10(8)18-4-2-1-3-5-18/h1-5H2,(H3,13,14,15,16,17). The van der Waals surface area contributed by atoms with Gasteiger partial charge in [-0.05, 0) is 19.3 Å². The molecule has 0 amide bonds. The molecule has 2 aromatic rings. The maximum Gasteiger partial charge on any atom is 0.224 e. The van der Waals surface area contributed by atoms with Gasteiger partial charge in [-0.2, -0.15) is 20.3 Å². The summed E-state index contributed by atoms with van der Waals surface area (Å²) in [5.74, 6) is 0.918. The predicted molar refractivity (Wildman–Crippen MR) is 66.9 cm³/mol. The molecular formula is C11H13N7. The molecule has 3 rings (SSSR count). The summed E-state index contributed by atoms with van der Waals surface area (Å²) in [4.78, 5) is 10.5. The molecule has 0 aliphatic carbocycles. The number of nitrogens with two attached hydrogens (primary N) is 1. The molecule has 0 spiro atoms. The third kappa shape index (κ3) is 1.62. The van der Waals surface area contributed by atoms with Crippen molar-refractivity contribution in [3.05, 3.63) is 5.69 Å². The van der Waals surface area contributed by atoms with Gasteiger partial charge >= 0.3 is 0 Å². The van der Waals surface area contributed by atoms with E-state index in [9.17, 15) is 0 Å². The van der Waals surface area contributed by atoms with Gasteiger partial charge in [0.2, 0.25) is 5.95 Å². The molecule has 92 valence electrons. The topological polar surface area (TPSA) is 108 Å². The van der Waals surface area contributed by atoms with Gasteiger partial charge in [0.05, 0.1) is 5.39 Å². The van der Waals surface area contributed by atoms with Crippen LogP contribution in [-0.2, 0) is 0 Å². The molecule has 0 aromatic carbocycles. The van der Waals surface area contributed by atoms with E-state index in [-0.39, 0.29) is 5.95 Å². The molecule has 2 aromatic heterocycles. The maximum atomic E-state index is 9.09. The van der Waals surface area contributed by atoms with Crippen LogP contribution in [-0.4, -0.2) is 33.3 Å². The van der Waals surface area contributed by atoms with Crippen molar-refractivity contribution in [1.82, 2.24) is 20.2 Å². The SMILES string of the molecule is N#Cc1[nH]nc2nc(N)nc(N3CCCCC3)c12. The Kier molecular flexibility index (Phi) is 2.48. The molecule has 7 nitrogen and oxygen atoms in total. The molecule has 3 N–H and O–H groups in total. The van der Waals surface area contributed by atoms with Crippen LogP contribution in [0.2, 0.25) is 0 Å². The number of nitrogens with one attached hydrogen (secondary N) is 1. The molecule has 0 saturated carbocycles. The molecule has 0 unspecified atom stereocenters. The first-order valence-corrected chi connectivity index (χ1v) is 5.96. The van der Waals surface area contributed by atoms with Gasteiger partial charge < -0.3 is 10.6 Å². The van der Waals surface area contributed by atoms with Crippen molar-refractivity contribution >= 4 is 22.8 Å². The summed E-state index contributed by atoms with van der Waals surface area (Å²) in [6.07, 6.45) is 3.49. The summed E-state index contributed by atoms with van der Waals surface area (Å²) in [7, 11) is 0. The Morgan fingerprint density at radius 2 is 2.00 bits per heavy atom. The molecule has 0 bridgehead atoms. The van der Waals surface area contributed by atoms with Crippen molar-refractivity contribution in [2.45, 2.75) is 19.3 Å². The summed E-state index contributed by atoms with van der Waals surface area (Å²) in [5, 5.41) is 16.4. The highest BCUT2D eigenvalue weighted by atomic mass is 15.2. The monoisotopic (exact) mass is 243 g/mol. The number of hydrogen-bond acceptors (Lipinski definition) is 6. The Hall–Kier alpha value is -2.36. The van der Waals surface area contributed by atoms with Gasteiger partial charge in [0, 0.05) is 13.1 Å². The molecule has 18 heavy (non-hydrogen) atoms. The Labute approximate surface area is 104 Å². The van der Waals surface area contributed by atoms with E-state index in [2.05, 4.69) is 31.1 Å². The van der Waals surface area contributed by atoms with Crippen molar-refractivity contribution in [3.63, 3.8) is 0 Å². The van der Waals surface area contributed by atoms with Gasteiger partial charge in [-0.1, -0.05) is 0 Å². The first-order valence-electron chi connectivity index (χ1n) is 5.96. The number of fused-ring (bicyclic) bond motifs is 1. The molecule has 1 saturated heterocycles. The van der Waals surface area contributed by atoms with Gasteiger partial charge in [-0.15, -0.1) is 0 Å². The normalized spacial score (nSPS) is 15.8. The van der Waals surface area contributed by atoms with E-state index in [4.69, 9.17) is 11.0 Å². The lowest BCUT2D eigenvalue weighted by molar-refractivity contribution is 0.575. The van der Waals surface area contributed by atoms with Gasteiger partial charge in [-0.3, -0.25) is 5.10 Å². The van der Waals surface area contributed by atoms with E-state index in [1.165, 1.54) is 6.42 Å². The summed E-state index contributed by atoms with van der Waals surface area (Å²) in [5.41, 5.74) is 6.55. The third-order valence-corrected chi connectivity index (χ3v) is 3.18. The molecule has 7 heteroatoms. The van der Waals surface area contributed by atoms with E-state index < -0.39 is 0 Å². The summed E-state index contributed by atoms with van der Waals surface area (Å²) in [6.45, 7) is 1.86. The van der Waals surface area contributed by atoms with Crippen LogP contribution >= 0.6 is 0 Å². The summed E-state index contributed by atoms with van der Waals surface area (Å²) in [6, 6.07) is 2.08. The number of rotatable bonds is 1. The number of H-pyrrole nitrogens is 1. The molecule has 1 aliphatic heterocycles. The first kappa shape index (κ1) is 10.8. The van der Waals surface area contributed by atoms with E-state index in [1.54, 1.807) is 0 Å². The lowest BCUT2D eigenvalue weighted by Gasteiger charge is -2.28. The van der Waals surface area contributed by atoms with Crippen LogP contribution in [0, 0.1) is 11.3 Å². The Morgan fingerprint density at radius 3 is 2.72 bits per heavy atom. The summed E-state index contributed by atoms with van der Waals surface area (Å²) >= 11 is 0. The summed E-state index contributed by atoms with van der Waals surface area (Å²) < 4.78 is 0. The number of nitriles is 1. The fraction of sp³-hybridized carbons (Fsp3) is 0.455. The third-order valence-electron chi connectivity index (χ3n) is 3.18. The maximum absolute atomic E-state index is 9.09. The minimum Gasteiger partial charge on any atom is -0.368 e. The Balaban J connectivity index is 2.19. The van der Waals surface area contributed by atoms with E-state index >= 15 is 0 Å². The molecule has 1 fully saturated rings. The lowest BCUT2D eigenvalue weighted by Crippen LogP contribution is -2.30. The lowest BCUT2D eigenvalue weighted by atomic mass is 10.1. The number of aromatic amines is 1. The average molecular weight is 243 g/mol. The molecular weight excluding hydrogens is 230 g/mol. The number of nitrogen functional groups attached to an aromatic ring is 1. The van der Waals surface area contributed by atoms with Crippen LogP contribution in [0.15, 0.2) is 0 Å². The minimum atomic E-state index is 0.194. The number of anilines is 2. The van der Waals surface area contributed by atoms with Gasteiger partial charge in [-0.25, -0.2) is 0 Å². The van der Waals surface area contributed by atoms with Crippen LogP contribution in [0.5, 0.6) is 0 Å². The van der Waals surface area contributed by atoms with Crippen LogP contribution in [0.25, 0.3) is 11.0 Å². The number of nitrogens with zero attached hydrogens (tertiary/aromatic N) is 5. The fourth-order valence-corrected chi connectivity index (χ4v) is 2.34. The Bertz CT molecular complexity index is 618. The highest BCUT2D eigenvalue weighted by Crippen LogP contribution is 2.28. The van der Waals surface area contributed by atoms with Crippen LogP contribution in [0.3, 0.4) is 0 Å². The van der Waals surface area contributed by atoms with Crippen LogP contribution in [0.4, 0.5) is 11.8 Å². The molecule has 0 radical (unpaired) electrons. The van der Waals surface area contributed by atoms with Gasteiger partial charge in [0.25, 0.3) is 0 Å². The number of hydrogen-bond donors (Lipinski definition) is 2. The molecule has 0 atom stereocenters. The quantitative estimate of drug-likeness (QED) is 0.766. The second kappa shape index (κ2) is 4.14. The second-order valence-corrected chi connectivity index (χ2v) is 4.36. The predicted octanol–water partition coefficient (Wildman–Crippen LogP) is 0.797. The zero-order chi connectivity index (χ0) is 12.5. The van der Waals surface area contributed by atoms with Crippen molar-refractivity contribution in [2.24, 2.45) is 0 Å². The minimum absolute atomic E-state index is 0.194. The number of piperidine rings is 1. The van der Waals surface area contributed by atoms with Crippen molar-refractivity contribution < 1.29 is 0 Å². The smallest absolute Gasteiger partial charge is 0.224 e. The van der Waals surface area contributed by atoms with E-state index in [0.29, 0.717) is 16.7 Å². The van der Waals surface area contributed by atoms with Crippen LogP contribution in [0.1, 0.15) is 25.0 Å². The van der Waals surface area contributed by atoms with Crippen molar-refractivity contribution in [2.75, 3.05) is 23.7 Å². The highest BCUT2D eigenvalue weighted by molar-refractivity contribution is 5.92. The first-order chi connectivity index (χ1) is 8.79. The van der Waals surface area contributed by atoms with Gasteiger partial charge in [0.1, 0.15) is 17.6 Å². The van der Waals surface area contributed by atoms with Crippen LogP contribution < -0.4 is 10.6 Å². The fourth-order valence-electron chi connectivity index (χ4n) is 2.34. The molecule has 3 heterocycles. The second-order valence-electron chi connectivity index (χ2n) is 4.36. The number of aromatic nitrogens is 4. The molecule has 1 aliphatic rings.